The van der Waals surface area contributed by atoms with Crippen LogP contribution in [-0.4, -0.2) is 34.8 Å². The van der Waals surface area contributed by atoms with Crippen LogP contribution in [-0.2, 0) is 4.79 Å². The predicted octanol–water partition coefficient (Wildman–Crippen LogP) is 1.55. The second-order valence-electron chi connectivity index (χ2n) is 3.34. The molecule has 6 nitrogen and oxygen atoms in total. The van der Waals surface area contributed by atoms with Crippen LogP contribution in [0.2, 0.25) is 0 Å². The van der Waals surface area contributed by atoms with E-state index in [2.05, 4.69) is 10.2 Å². The largest absolute Gasteiger partial charge is 0.481 e. The molecule has 0 bridgehead atoms. The lowest BCUT2D eigenvalue weighted by molar-refractivity contribution is -0.139. The highest BCUT2D eigenvalue weighted by Gasteiger charge is 2.03. The van der Waals surface area contributed by atoms with E-state index in [-0.39, 0.29) is 0 Å². The van der Waals surface area contributed by atoms with Gasteiger partial charge in [0.25, 0.3) is 0 Å². The van der Waals surface area contributed by atoms with E-state index < -0.39 is 12.6 Å². The summed E-state index contributed by atoms with van der Waals surface area (Å²) in [6.07, 6.45) is 1.47. The fourth-order valence-electron chi connectivity index (χ4n) is 1.18. The van der Waals surface area contributed by atoms with Crippen molar-refractivity contribution in [2.24, 2.45) is 15.9 Å². The molecule has 19 heavy (non-hydrogen) atoms. The number of rotatable bonds is 6. The fourth-order valence-corrected chi connectivity index (χ4v) is 1.58. The van der Waals surface area contributed by atoms with Crippen LogP contribution in [0.15, 0.2) is 34.5 Å². The number of amidine groups is 1. The van der Waals surface area contributed by atoms with Gasteiger partial charge in [0.15, 0.2) is 11.8 Å². The molecule has 0 aliphatic heterocycles. The van der Waals surface area contributed by atoms with Gasteiger partial charge < -0.3 is 15.6 Å². The van der Waals surface area contributed by atoms with E-state index >= 15 is 0 Å². The van der Waals surface area contributed by atoms with Crippen molar-refractivity contribution in [2.45, 2.75) is 6.92 Å². The van der Waals surface area contributed by atoms with Crippen LogP contribution in [0, 0.1) is 0 Å². The van der Waals surface area contributed by atoms with Gasteiger partial charge in [-0.05, 0) is 17.9 Å². The summed E-state index contributed by atoms with van der Waals surface area (Å²) >= 11 is 1.39. The first-order valence-corrected chi connectivity index (χ1v) is 6.55. The standard InChI is InChI=1S/C12H15N3O3S/c1-2-19-12(13)15-14-7-9-5-3-4-6-10(9)18-8-11(16)17/h3-7H,2,8H2,1H3,(H2,13,15)(H,16,17)/b14-7+. The molecule has 0 atom stereocenters. The van der Waals surface area contributed by atoms with Gasteiger partial charge in [-0.3, -0.25) is 0 Å². The van der Waals surface area contributed by atoms with Gasteiger partial charge in [-0.25, -0.2) is 4.79 Å². The van der Waals surface area contributed by atoms with E-state index in [9.17, 15) is 4.79 Å². The molecule has 0 fully saturated rings. The van der Waals surface area contributed by atoms with Gasteiger partial charge in [0.1, 0.15) is 5.75 Å². The summed E-state index contributed by atoms with van der Waals surface area (Å²) in [4.78, 5) is 10.5. The Morgan fingerprint density at radius 2 is 2.26 bits per heavy atom. The smallest absolute Gasteiger partial charge is 0.341 e. The second kappa shape index (κ2) is 8.15. The van der Waals surface area contributed by atoms with E-state index in [1.165, 1.54) is 18.0 Å². The minimum atomic E-state index is -1.03. The highest BCUT2D eigenvalue weighted by atomic mass is 32.2. The molecule has 3 N–H and O–H groups in total. The first-order valence-electron chi connectivity index (χ1n) is 5.56. The van der Waals surface area contributed by atoms with Crippen molar-refractivity contribution in [3.63, 3.8) is 0 Å². The Bertz CT molecular complexity index is 489. The van der Waals surface area contributed by atoms with Crippen LogP contribution in [0.4, 0.5) is 0 Å². The average Bonchev–Trinajstić information content (AvgIpc) is 2.38. The Balaban J connectivity index is 2.74. The molecule has 0 saturated carbocycles. The van der Waals surface area contributed by atoms with Gasteiger partial charge in [-0.1, -0.05) is 30.8 Å². The van der Waals surface area contributed by atoms with E-state index in [1.54, 1.807) is 24.3 Å². The molecule has 7 heteroatoms. The zero-order valence-electron chi connectivity index (χ0n) is 10.4. The Morgan fingerprint density at radius 1 is 1.53 bits per heavy atom. The lowest BCUT2D eigenvalue weighted by Crippen LogP contribution is -2.10. The van der Waals surface area contributed by atoms with Crippen LogP contribution < -0.4 is 10.5 Å². The Morgan fingerprint density at radius 3 is 2.95 bits per heavy atom. The number of para-hydroxylation sites is 1. The van der Waals surface area contributed by atoms with Crippen molar-refractivity contribution in [3.05, 3.63) is 29.8 Å². The zero-order valence-corrected chi connectivity index (χ0v) is 11.3. The van der Waals surface area contributed by atoms with Crippen molar-refractivity contribution in [1.29, 1.82) is 0 Å². The number of ether oxygens (including phenoxy) is 1. The van der Waals surface area contributed by atoms with E-state index in [4.69, 9.17) is 15.6 Å². The topological polar surface area (TPSA) is 97.3 Å². The number of nitrogens with two attached hydrogens (primary N) is 1. The number of carboxylic acids is 1. The molecule has 102 valence electrons. The highest BCUT2D eigenvalue weighted by molar-refractivity contribution is 8.13. The van der Waals surface area contributed by atoms with Gasteiger partial charge in [0.2, 0.25) is 0 Å². The van der Waals surface area contributed by atoms with Gasteiger partial charge in [-0.15, -0.1) is 5.10 Å². The zero-order chi connectivity index (χ0) is 14.1. The molecule has 1 aromatic carbocycles. The maximum Gasteiger partial charge on any atom is 0.341 e. The molecule has 0 spiro atoms. The van der Waals surface area contributed by atoms with E-state index in [0.717, 1.165) is 5.75 Å². The maximum absolute atomic E-state index is 10.5. The van der Waals surface area contributed by atoms with E-state index in [1.807, 2.05) is 6.92 Å². The van der Waals surface area contributed by atoms with Gasteiger partial charge in [0, 0.05) is 5.56 Å². The molecule has 0 amide bonds. The molecule has 0 aliphatic carbocycles. The lowest BCUT2D eigenvalue weighted by Gasteiger charge is -2.05. The summed E-state index contributed by atoms with van der Waals surface area (Å²) in [5, 5.41) is 16.6. The fraction of sp³-hybridized carbons (Fsp3) is 0.250. The summed E-state index contributed by atoms with van der Waals surface area (Å²) in [6, 6.07) is 6.96. The first-order chi connectivity index (χ1) is 9.13. The molecular formula is C12H15N3O3S. The number of hydrogen-bond donors (Lipinski definition) is 2. The normalized spacial score (nSPS) is 11.7. The third kappa shape index (κ3) is 5.91. The van der Waals surface area contributed by atoms with Crippen LogP contribution in [0.5, 0.6) is 5.75 Å². The minimum Gasteiger partial charge on any atom is -0.481 e. The summed E-state index contributed by atoms with van der Waals surface area (Å²) in [7, 11) is 0. The highest BCUT2D eigenvalue weighted by Crippen LogP contribution is 2.15. The molecule has 0 heterocycles. The van der Waals surface area contributed by atoms with Crippen molar-refractivity contribution >= 4 is 29.1 Å². The quantitative estimate of drug-likeness (QED) is 0.468. The Labute approximate surface area is 115 Å². The number of thioether (sulfide) groups is 1. The summed E-state index contributed by atoms with van der Waals surface area (Å²) in [6.45, 7) is 1.56. The summed E-state index contributed by atoms with van der Waals surface area (Å²) < 4.78 is 5.13. The number of aliphatic carboxylic acids is 1. The van der Waals surface area contributed by atoms with E-state index in [0.29, 0.717) is 16.5 Å². The molecule has 1 aromatic rings. The van der Waals surface area contributed by atoms with Crippen molar-refractivity contribution in [1.82, 2.24) is 0 Å². The second-order valence-corrected chi connectivity index (χ2v) is 4.62. The number of carbonyl (C=O) groups is 1. The van der Waals surface area contributed by atoms with Crippen LogP contribution in [0.3, 0.4) is 0 Å². The van der Waals surface area contributed by atoms with Crippen LogP contribution in [0.1, 0.15) is 12.5 Å². The maximum atomic E-state index is 10.5. The van der Waals surface area contributed by atoms with Crippen LogP contribution in [0.25, 0.3) is 0 Å². The number of nitrogens with zero attached hydrogens (tertiary/aromatic N) is 2. The third-order valence-electron chi connectivity index (χ3n) is 1.92. The SMILES string of the molecule is CCS/C(N)=N/N=C/c1ccccc1OCC(=O)O. The minimum absolute atomic E-state index is 0.377. The van der Waals surface area contributed by atoms with Crippen molar-refractivity contribution in [2.75, 3.05) is 12.4 Å². The Hall–Kier alpha value is -2.02. The molecule has 0 aromatic heterocycles. The molecule has 1 rings (SSSR count). The molecule has 0 radical (unpaired) electrons. The number of hydrogen-bond acceptors (Lipinski definition) is 5. The number of benzene rings is 1. The molecule has 0 aliphatic rings. The molecule has 0 unspecified atom stereocenters. The predicted molar refractivity (Wildman–Crippen MR) is 76.9 cm³/mol. The van der Waals surface area contributed by atoms with Crippen LogP contribution >= 0.6 is 11.8 Å². The lowest BCUT2D eigenvalue weighted by atomic mass is 10.2. The summed E-state index contributed by atoms with van der Waals surface area (Å²) in [5.41, 5.74) is 6.22. The molecular weight excluding hydrogens is 266 g/mol. The van der Waals surface area contributed by atoms with Crippen molar-refractivity contribution < 1.29 is 14.6 Å². The van der Waals surface area contributed by atoms with Gasteiger partial charge in [-0.2, -0.15) is 5.10 Å². The van der Waals surface area contributed by atoms with Gasteiger partial charge in [0.05, 0.1) is 6.21 Å². The number of carboxylic acid groups (broad SMARTS) is 1. The monoisotopic (exact) mass is 281 g/mol. The summed E-state index contributed by atoms with van der Waals surface area (Å²) in [5.74, 6) is 0.224. The average molecular weight is 281 g/mol. The molecule has 0 saturated heterocycles. The first kappa shape index (κ1) is 15.0. The third-order valence-corrected chi connectivity index (χ3v) is 2.58. The Kier molecular flexibility index (Phi) is 6.45. The van der Waals surface area contributed by atoms with Gasteiger partial charge >= 0.3 is 5.97 Å². The van der Waals surface area contributed by atoms with Crippen molar-refractivity contribution in [3.8, 4) is 5.75 Å².